The minimum Gasteiger partial charge on any atom is -0.471 e. The van der Waals surface area contributed by atoms with Crippen LogP contribution in [0.15, 0.2) is 30.5 Å². The average Bonchev–Trinajstić information content (AvgIpc) is 3.05. The molecule has 0 spiro atoms. The van der Waals surface area contributed by atoms with Gasteiger partial charge in [-0.15, -0.1) is 10.2 Å². The maximum atomic E-state index is 9.02. The quantitative estimate of drug-likeness (QED) is 0.779. The zero-order valence-corrected chi connectivity index (χ0v) is 13.0. The van der Waals surface area contributed by atoms with Crippen molar-refractivity contribution in [2.75, 3.05) is 0 Å². The lowest BCUT2D eigenvalue weighted by Crippen LogP contribution is -1.99. The molecule has 0 radical (unpaired) electrons. The zero-order chi connectivity index (χ0) is 16.2. The van der Waals surface area contributed by atoms with Gasteiger partial charge in [0.15, 0.2) is 5.69 Å². The number of hydrogen-bond acceptors (Lipinski definition) is 6. The predicted octanol–water partition coefficient (Wildman–Crippen LogP) is 3.02. The third-order valence-electron chi connectivity index (χ3n) is 2.95. The van der Waals surface area contributed by atoms with Gasteiger partial charge in [-0.2, -0.15) is 10.4 Å². The molecule has 0 atom stereocenters. The van der Waals surface area contributed by atoms with E-state index in [1.165, 1.54) is 6.20 Å². The van der Waals surface area contributed by atoms with Crippen LogP contribution in [0.25, 0.3) is 11.3 Å². The highest BCUT2D eigenvalue weighted by Gasteiger charge is 2.11. The number of rotatable bonds is 4. The number of aromatic amines is 1. The van der Waals surface area contributed by atoms with Gasteiger partial charge in [0.25, 0.3) is 5.88 Å². The molecule has 2 heterocycles. The van der Waals surface area contributed by atoms with Gasteiger partial charge < -0.3 is 4.74 Å². The van der Waals surface area contributed by atoms with Crippen LogP contribution in [0.1, 0.15) is 11.3 Å². The molecule has 114 valence electrons. The van der Waals surface area contributed by atoms with Crippen LogP contribution in [0, 0.1) is 11.3 Å². The summed E-state index contributed by atoms with van der Waals surface area (Å²) in [6.45, 7) is 0.211. The first-order valence-corrected chi connectivity index (χ1v) is 7.14. The number of nitrogens with zero attached hydrogens (tertiary/aromatic N) is 5. The third kappa shape index (κ3) is 3.23. The number of nitrogens with one attached hydrogen (secondary N) is 1. The van der Waals surface area contributed by atoms with Crippen molar-refractivity contribution in [3.63, 3.8) is 0 Å². The summed E-state index contributed by atoms with van der Waals surface area (Å²) in [5, 5.41) is 27.1. The Bertz CT molecular complexity index is 889. The fourth-order valence-electron chi connectivity index (χ4n) is 1.90. The van der Waals surface area contributed by atoms with E-state index >= 15 is 0 Å². The van der Waals surface area contributed by atoms with E-state index in [1.807, 2.05) is 30.3 Å². The van der Waals surface area contributed by atoms with E-state index in [2.05, 4.69) is 25.6 Å². The van der Waals surface area contributed by atoms with Crippen LogP contribution in [0.3, 0.4) is 0 Å². The number of aromatic nitrogens is 5. The topological polar surface area (TPSA) is 100 Å². The lowest BCUT2D eigenvalue weighted by atomic mass is 10.1. The van der Waals surface area contributed by atoms with Crippen molar-refractivity contribution < 1.29 is 4.74 Å². The fourth-order valence-corrected chi connectivity index (χ4v) is 2.16. The van der Waals surface area contributed by atoms with Gasteiger partial charge in [0.05, 0.1) is 11.2 Å². The van der Waals surface area contributed by atoms with Crippen LogP contribution in [0.5, 0.6) is 5.88 Å². The summed E-state index contributed by atoms with van der Waals surface area (Å²) < 4.78 is 5.53. The molecule has 1 aromatic carbocycles. The second-order valence-electron chi connectivity index (χ2n) is 4.45. The van der Waals surface area contributed by atoms with Crippen molar-refractivity contribution in [2.45, 2.75) is 6.61 Å². The van der Waals surface area contributed by atoms with Gasteiger partial charge in [0.2, 0.25) is 0 Å². The molecule has 0 aliphatic rings. The van der Waals surface area contributed by atoms with E-state index in [9.17, 15) is 0 Å². The molecule has 7 nitrogen and oxygen atoms in total. The van der Waals surface area contributed by atoms with E-state index < -0.39 is 0 Å². The van der Waals surface area contributed by atoms with E-state index in [0.717, 1.165) is 11.1 Å². The molecule has 0 bridgehead atoms. The summed E-state index contributed by atoms with van der Waals surface area (Å²) in [4.78, 5) is 0. The molecule has 9 heteroatoms. The number of halogens is 2. The van der Waals surface area contributed by atoms with Gasteiger partial charge >= 0.3 is 0 Å². The second kappa shape index (κ2) is 6.60. The Morgan fingerprint density at radius 2 is 2.13 bits per heavy atom. The molecule has 0 fully saturated rings. The molecule has 2 aromatic heterocycles. The summed E-state index contributed by atoms with van der Waals surface area (Å²) in [5.41, 5.74) is 2.37. The molecule has 3 rings (SSSR count). The Hall–Kier alpha value is -2.69. The minimum absolute atomic E-state index is 0.156. The highest BCUT2D eigenvalue weighted by atomic mass is 35.5. The third-order valence-corrected chi connectivity index (χ3v) is 3.70. The lowest BCUT2D eigenvalue weighted by Gasteiger charge is -2.07. The molecule has 0 saturated heterocycles. The van der Waals surface area contributed by atoms with Crippen molar-refractivity contribution >= 4 is 23.2 Å². The molecule has 0 unspecified atom stereocenters. The first-order chi connectivity index (χ1) is 11.2. The Kier molecular flexibility index (Phi) is 4.37. The number of hydrogen-bond donors (Lipinski definition) is 1. The molecule has 0 aliphatic heterocycles. The van der Waals surface area contributed by atoms with E-state index in [0.29, 0.717) is 11.4 Å². The highest BCUT2D eigenvalue weighted by molar-refractivity contribution is 6.42. The first kappa shape index (κ1) is 15.2. The lowest BCUT2D eigenvalue weighted by molar-refractivity contribution is 0.290. The number of benzene rings is 1. The molecule has 1 N–H and O–H groups in total. The fraction of sp³-hybridized carbons (Fsp3) is 0.0714. The molecule has 0 saturated carbocycles. The van der Waals surface area contributed by atoms with Crippen LogP contribution < -0.4 is 4.74 Å². The van der Waals surface area contributed by atoms with Gasteiger partial charge in [-0.25, -0.2) is 5.10 Å². The van der Waals surface area contributed by atoms with Crippen LogP contribution in [-0.4, -0.2) is 25.6 Å². The van der Waals surface area contributed by atoms with Crippen molar-refractivity contribution in [3.8, 4) is 23.2 Å². The number of ether oxygens (including phenoxy) is 1. The van der Waals surface area contributed by atoms with Crippen LogP contribution in [-0.2, 0) is 6.61 Å². The molecular weight excluding hydrogens is 339 g/mol. The van der Waals surface area contributed by atoms with Crippen LogP contribution in [0.2, 0.25) is 10.0 Å². The average molecular weight is 347 g/mol. The molecule has 0 amide bonds. The molecule has 3 aromatic rings. The van der Waals surface area contributed by atoms with Gasteiger partial charge in [0.1, 0.15) is 23.4 Å². The largest absolute Gasteiger partial charge is 0.471 e. The van der Waals surface area contributed by atoms with E-state index in [-0.39, 0.29) is 22.5 Å². The smallest absolute Gasteiger partial charge is 0.254 e. The Balaban J connectivity index is 1.81. The van der Waals surface area contributed by atoms with E-state index in [1.54, 1.807) is 0 Å². The monoisotopic (exact) mass is 346 g/mol. The summed E-state index contributed by atoms with van der Waals surface area (Å²) in [7, 11) is 0. The van der Waals surface area contributed by atoms with Gasteiger partial charge in [-0.3, -0.25) is 0 Å². The minimum atomic E-state index is 0.156. The summed E-state index contributed by atoms with van der Waals surface area (Å²) in [6, 6.07) is 9.36. The Labute approximate surface area is 140 Å². The summed E-state index contributed by atoms with van der Waals surface area (Å²) in [5.74, 6) is 0.156. The Morgan fingerprint density at radius 1 is 1.26 bits per heavy atom. The number of nitriles is 1. The van der Waals surface area contributed by atoms with Crippen LogP contribution >= 0.6 is 23.2 Å². The standard InChI is InChI=1S/C14H8Cl2N6O/c15-10-6-18-21-14(12(10)16)23-7-8-2-1-3-9(4-8)13-11(5-17)19-22-20-13/h1-4,6H,7H2,(H,19,20,22). The highest BCUT2D eigenvalue weighted by Crippen LogP contribution is 2.29. The molecular formula is C14H8Cl2N6O. The van der Waals surface area contributed by atoms with Gasteiger partial charge in [-0.1, -0.05) is 46.6 Å². The van der Waals surface area contributed by atoms with Crippen molar-refractivity contribution in [1.82, 2.24) is 25.6 Å². The normalized spacial score (nSPS) is 10.3. The Morgan fingerprint density at radius 3 is 2.96 bits per heavy atom. The van der Waals surface area contributed by atoms with Crippen molar-refractivity contribution in [3.05, 3.63) is 51.8 Å². The SMILES string of the molecule is N#Cc1[nH]nnc1-c1cccc(COc2nncc(Cl)c2Cl)c1. The summed E-state index contributed by atoms with van der Waals surface area (Å²) in [6.07, 6.45) is 1.34. The second-order valence-corrected chi connectivity index (χ2v) is 5.23. The predicted molar refractivity (Wildman–Crippen MR) is 82.9 cm³/mol. The molecule has 23 heavy (non-hydrogen) atoms. The first-order valence-electron chi connectivity index (χ1n) is 6.39. The van der Waals surface area contributed by atoms with E-state index in [4.69, 9.17) is 33.2 Å². The van der Waals surface area contributed by atoms with Crippen molar-refractivity contribution in [2.24, 2.45) is 0 Å². The maximum absolute atomic E-state index is 9.02. The maximum Gasteiger partial charge on any atom is 0.254 e. The van der Waals surface area contributed by atoms with Gasteiger partial charge in [-0.05, 0) is 11.6 Å². The van der Waals surface area contributed by atoms with Crippen LogP contribution in [0.4, 0.5) is 0 Å². The zero-order valence-electron chi connectivity index (χ0n) is 11.5. The number of H-pyrrole nitrogens is 1. The van der Waals surface area contributed by atoms with Crippen molar-refractivity contribution in [1.29, 1.82) is 5.26 Å². The molecule has 0 aliphatic carbocycles. The van der Waals surface area contributed by atoms with Gasteiger partial charge in [0, 0.05) is 5.56 Å². The summed E-state index contributed by atoms with van der Waals surface area (Å²) >= 11 is 11.9.